The SMILES string of the molecule is COc1cc(OC)c(NC(=O)C2CCN(C(=O)/C=C\c3ccccc3)CC2)cc1Cl. The summed E-state index contributed by atoms with van der Waals surface area (Å²) < 4.78 is 10.5. The molecule has 6 nitrogen and oxygen atoms in total. The Bertz CT molecular complexity index is 922. The van der Waals surface area contributed by atoms with Crippen LogP contribution in [0.2, 0.25) is 5.02 Å². The molecule has 7 heteroatoms. The van der Waals surface area contributed by atoms with Crippen molar-refractivity contribution in [1.82, 2.24) is 4.90 Å². The van der Waals surface area contributed by atoms with Crippen molar-refractivity contribution < 1.29 is 19.1 Å². The quantitative estimate of drug-likeness (QED) is 0.698. The van der Waals surface area contributed by atoms with Gasteiger partial charge in [0.25, 0.3) is 0 Å². The van der Waals surface area contributed by atoms with Crippen LogP contribution in [-0.4, -0.2) is 44.0 Å². The predicted molar refractivity (Wildman–Crippen MR) is 118 cm³/mol. The molecule has 1 aliphatic rings. The molecule has 0 saturated carbocycles. The number of nitrogens with zero attached hydrogens (tertiary/aromatic N) is 1. The van der Waals surface area contributed by atoms with Gasteiger partial charge in [0, 0.05) is 31.1 Å². The van der Waals surface area contributed by atoms with Crippen molar-refractivity contribution in [2.24, 2.45) is 5.92 Å². The highest BCUT2D eigenvalue weighted by atomic mass is 35.5. The second-order valence-electron chi connectivity index (χ2n) is 7.02. The van der Waals surface area contributed by atoms with Crippen LogP contribution in [0.25, 0.3) is 6.08 Å². The van der Waals surface area contributed by atoms with Gasteiger partial charge in [-0.25, -0.2) is 0 Å². The molecular formula is C23H25ClN2O4. The second kappa shape index (κ2) is 10.2. The van der Waals surface area contributed by atoms with Gasteiger partial charge in [0.15, 0.2) is 0 Å². The van der Waals surface area contributed by atoms with Crippen molar-refractivity contribution in [2.75, 3.05) is 32.6 Å². The molecule has 1 heterocycles. The van der Waals surface area contributed by atoms with Gasteiger partial charge in [-0.2, -0.15) is 0 Å². The van der Waals surface area contributed by atoms with Crippen molar-refractivity contribution >= 4 is 35.2 Å². The summed E-state index contributed by atoms with van der Waals surface area (Å²) in [5.74, 6) is 0.616. The van der Waals surface area contributed by atoms with E-state index < -0.39 is 0 Å². The maximum absolute atomic E-state index is 12.7. The summed E-state index contributed by atoms with van der Waals surface area (Å²) in [6.07, 6.45) is 4.59. The van der Waals surface area contributed by atoms with E-state index in [1.165, 1.54) is 14.2 Å². The van der Waals surface area contributed by atoms with Crippen molar-refractivity contribution in [2.45, 2.75) is 12.8 Å². The summed E-state index contributed by atoms with van der Waals surface area (Å²) in [4.78, 5) is 26.9. The van der Waals surface area contributed by atoms with Crippen molar-refractivity contribution in [3.05, 3.63) is 59.1 Å². The molecule has 2 aromatic rings. The fraction of sp³-hybridized carbons (Fsp3) is 0.304. The summed E-state index contributed by atoms with van der Waals surface area (Å²) in [7, 11) is 3.04. The molecule has 0 aliphatic carbocycles. The van der Waals surface area contributed by atoms with Gasteiger partial charge in [0.1, 0.15) is 11.5 Å². The normalized spacial score (nSPS) is 14.6. The first kappa shape index (κ1) is 21.7. The molecule has 1 fully saturated rings. The van der Waals surface area contributed by atoms with Crippen molar-refractivity contribution in [3.8, 4) is 11.5 Å². The summed E-state index contributed by atoms with van der Waals surface area (Å²) in [5.41, 5.74) is 1.48. The Labute approximate surface area is 181 Å². The Morgan fingerprint density at radius 1 is 1.07 bits per heavy atom. The van der Waals surface area contributed by atoms with Crippen LogP contribution in [0.15, 0.2) is 48.5 Å². The Kier molecular flexibility index (Phi) is 7.36. The number of carbonyl (C=O) groups is 2. The number of rotatable bonds is 6. The highest BCUT2D eigenvalue weighted by molar-refractivity contribution is 6.32. The molecule has 0 bridgehead atoms. The zero-order valence-electron chi connectivity index (χ0n) is 17.1. The molecule has 2 amide bonds. The smallest absolute Gasteiger partial charge is 0.246 e. The van der Waals surface area contributed by atoms with Gasteiger partial charge in [-0.05, 0) is 30.5 Å². The number of likely N-dealkylation sites (tertiary alicyclic amines) is 1. The van der Waals surface area contributed by atoms with E-state index in [4.69, 9.17) is 21.1 Å². The number of amides is 2. The van der Waals surface area contributed by atoms with Crippen LogP contribution in [0.3, 0.4) is 0 Å². The summed E-state index contributed by atoms with van der Waals surface area (Å²) in [6.45, 7) is 1.08. The van der Waals surface area contributed by atoms with Crippen molar-refractivity contribution in [1.29, 1.82) is 0 Å². The lowest BCUT2D eigenvalue weighted by atomic mass is 9.95. The Morgan fingerprint density at radius 2 is 1.73 bits per heavy atom. The largest absolute Gasteiger partial charge is 0.495 e. The fourth-order valence-electron chi connectivity index (χ4n) is 3.39. The third-order valence-corrected chi connectivity index (χ3v) is 5.42. The van der Waals surface area contributed by atoms with Crippen LogP contribution in [0.5, 0.6) is 11.5 Å². The first-order chi connectivity index (χ1) is 14.5. The van der Waals surface area contributed by atoms with E-state index in [0.29, 0.717) is 48.1 Å². The van der Waals surface area contributed by atoms with Gasteiger partial charge >= 0.3 is 0 Å². The standard InChI is InChI=1S/C23H25ClN2O4/c1-29-20-15-21(30-2)19(14-18(20)24)25-23(28)17-10-12-26(13-11-17)22(27)9-8-16-6-4-3-5-7-16/h3-9,14-15,17H,10-13H2,1-2H3,(H,25,28)/b9-8-. The highest BCUT2D eigenvalue weighted by Crippen LogP contribution is 2.36. The maximum Gasteiger partial charge on any atom is 0.246 e. The number of ether oxygens (including phenoxy) is 2. The Morgan fingerprint density at radius 3 is 2.37 bits per heavy atom. The predicted octanol–water partition coefficient (Wildman–Crippen LogP) is 4.25. The van der Waals surface area contributed by atoms with Crippen LogP contribution in [-0.2, 0) is 9.59 Å². The van der Waals surface area contributed by atoms with E-state index in [-0.39, 0.29) is 17.7 Å². The molecule has 1 N–H and O–H groups in total. The molecule has 0 radical (unpaired) electrons. The van der Waals surface area contributed by atoms with Crippen LogP contribution >= 0.6 is 11.6 Å². The minimum Gasteiger partial charge on any atom is -0.495 e. The van der Waals surface area contributed by atoms with E-state index in [1.807, 2.05) is 30.3 Å². The highest BCUT2D eigenvalue weighted by Gasteiger charge is 2.27. The number of piperidine rings is 1. The van der Waals surface area contributed by atoms with E-state index in [2.05, 4.69) is 5.32 Å². The molecule has 30 heavy (non-hydrogen) atoms. The lowest BCUT2D eigenvalue weighted by molar-refractivity contribution is -0.130. The molecule has 1 saturated heterocycles. The number of halogens is 1. The second-order valence-corrected chi connectivity index (χ2v) is 7.43. The van der Waals surface area contributed by atoms with Gasteiger partial charge in [-0.1, -0.05) is 41.9 Å². The Balaban J connectivity index is 1.56. The maximum atomic E-state index is 12.7. The molecule has 0 spiro atoms. The van der Waals surface area contributed by atoms with Crippen LogP contribution in [0, 0.1) is 5.92 Å². The monoisotopic (exact) mass is 428 g/mol. The first-order valence-electron chi connectivity index (χ1n) is 9.76. The molecule has 3 rings (SSSR count). The molecule has 0 atom stereocenters. The summed E-state index contributed by atoms with van der Waals surface area (Å²) >= 11 is 6.17. The average Bonchev–Trinajstić information content (AvgIpc) is 2.78. The number of carbonyl (C=O) groups excluding carboxylic acids is 2. The molecule has 2 aromatic carbocycles. The van der Waals surface area contributed by atoms with Gasteiger partial charge in [-0.15, -0.1) is 0 Å². The number of anilines is 1. The number of benzene rings is 2. The third kappa shape index (κ3) is 5.33. The molecule has 0 unspecified atom stereocenters. The molecular weight excluding hydrogens is 404 g/mol. The number of hydrogen-bond acceptors (Lipinski definition) is 4. The minimum absolute atomic E-state index is 0.0404. The molecule has 0 aromatic heterocycles. The number of nitrogens with one attached hydrogen (secondary N) is 1. The lowest BCUT2D eigenvalue weighted by Gasteiger charge is -2.30. The van der Waals surface area contributed by atoms with Gasteiger partial charge in [0.2, 0.25) is 11.8 Å². The van der Waals surface area contributed by atoms with Crippen molar-refractivity contribution in [3.63, 3.8) is 0 Å². The van der Waals surface area contributed by atoms with E-state index in [1.54, 1.807) is 29.2 Å². The number of methoxy groups -OCH3 is 2. The zero-order valence-corrected chi connectivity index (χ0v) is 17.8. The average molecular weight is 429 g/mol. The van der Waals surface area contributed by atoms with Crippen LogP contribution in [0.4, 0.5) is 5.69 Å². The van der Waals surface area contributed by atoms with E-state index in [9.17, 15) is 9.59 Å². The topological polar surface area (TPSA) is 67.9 Å². The van der Waals surface area contributed by atoms with Gasteiger partial charge in [0.05, 0.1) is 24.9 Å². The summed E-state index contributed by atoms with van der Waals surface area (Å²) in [6, 6.07) is 12.9. The Hall–Kier alpha value is -2.99. The lowest BCUT2D eigenvalue weighted by Crippen LogP contribution is -2.40. The number of hydrogen-bond donors (Lipinski definition) is 1. The van der Waals surface area contributed by atoms with E-state index in [0.717, 1.165) is 5.56 Å². The third-order valence-electron chi connectivity index (χ3n) is 5.13. The molecule has 158 valence electrons. The van der Waals surface area contributed by atoms with Crippen LogP contribution in [0.1, 0.15) is 18.4 Å². The zero-order chi connectivity index (χ0) is 21.5. The summed E-state index contributed by atoms with van der Waals surface area (Å²) in [5, 5.41) is 3.28. The first-order valence-corrected chi connectivity index (χ1v) is 10.1. The van der Waals surface area contributed by atoms with E-state index >= 15 is 0 Å². The van der Waals surface area contributed by atoms with Crippen LogP contribution < -0.4 is 14.8 Å². The van der Waals surface area contributed by atoms with Gasteiger partial charge in [-0.3, -0.25) is 9.59 Å². The molecule has 1 aliphatic heterocycles. The minimum atomic E-state index is -0.183. The van der Waals surface area contributed by atoms with Gasteiger partial charge < -0.3 is 19.7 Å². The fourth-order valence-corrected chi connectivity index (χ4v) is 3.63.